The Hall–Kier alpha value is -2.48. The number of hydrogen-bond donors (Lipinski definition) is 3. The van der Waals surface area contributed by atoms with Crippen molar-refractivity contribution in [2.24, 2.45) is 0 Å². The number of alkyl halides is 2. The quantitative estimate of drug-likeness (QED) is 0.384. The number of amides is 3. The van der Waals surface area contributed by atoms with E-state index in [9.17, 15) is 9.59 Å². The van der Waals surface area contributed by atoms with Crippen molar-refractivity contribution in [3.05, 3.63) is 48.5 Å². The van der Waals surface area contributed by atoms with Crippen LogP contribution in [0.15, 0.2) is 48.5 Å². The van der Waals surface area contributed by atoms with Crippen molar-refractivity contribution in [3.63, 3.8) is 0 Å². The van der Waals surface area contributed by atoms with Gasteiger partial charge in [0.1, 0.15) is 0 Å². The highest BCUT2D eigenvalue weighted by Gasteiger charge is 2.13. The fraction of sp³-hybridized carbons (Fsp3) is 0.417. The van der Waals surface area contributed by atoms with Crippen molar-refractivity contribution >= 4 is 57.9 Å². The van der Waals surface area contributed by atoms with E-state index in [1.807, 2.05) is 24.3 Å². The molecule has 3 amide bonds. The van der Waals surface area contributed by atoms with E-state index < -0.39 is 0 Å². The molecule has 1 saturated heterocycles. The molecule has 3 N–H and O–H groups in total. The van der Waals surface area contributed by atoms with E-state index in [1.54, 1.807) is 24.3 Å². The maximum Gasteiger partial charge on any atom is 0.323 e. The molecule has 2 aromatic carbocycles. The SMILES string of the molecule is O=C(CCN1CCCC1)Nc1ccc(NC(=O)Nc2ccc(N(CCCl)CCCl)cc2)cc1. The van der Waals surface area contributed by atoms with Crippen LogP contribution >= 0.6 is 23.2 Å². The second-order valence-corrected chi connectivity index (χ2v) is 8.67. The number of carbonyl (C=O) groups excluding carboxylic acids is 2. The van der Waals surface area contributed by atoms with E-state index in [0.29, 0.717) is 48.3 Å². The average Bonchev–Trinajstić information content (AvgIpc) is 3.33. The summed E-state index contributed by atoms with van der Waals surface area (Å²) < 4.78 is 0. The van der Waals surface area contributed by atoms with Crippen LogP contribution in [0.4, 0.5) is 27.5 Å². The molecule has 0 unspecified atom stereocenters. The van der Waals surface area contributed by atoms with Crippen LogP contribution in [0.1, 0.15) is 19.3 Å². The van der Waals surface area contributed by atoms with Gasteiger partial charge < -0.3 is 25.8 Å². The van der Waals surface area contributed by atoms with Gasteiger partial charge in [-0.3, -0.25) is 4.79 Å². The molecule has 0 atom stereocenters. The van der Waals surface area contributed by atoms with Crippen molar-refractivity contribution in [1.82, 2.24) is 4.90 Å². The van der Waals surface area contributed by atoms with Gasteiger partial charge in [0.05, 0.1) is 0 Å². The van der Waals surface area contributed by atoms with E-state index in [4.69, 9.17) is 23.2 Å². The van der Waals surface area contributed by atoms with Crippen LogP contribution in [0.2, 0.25) is 0 Å². The van der Waals surface area contributed by atoms with Crippen LogP contribution in [-0.4, -0.2) is 61.3 Å². The Morgan fingerprint density at radius 3 is 1.79 bits per heavy atom. The molecular weight excluding hydrogens is 461 g/mol. The molecule has 9 heteroatoms. The van der Waals surface area contributed by atoms with E-state index in [0.717, 1.165) is 25.3 Å². The molecule has 0 bridgehead atoms. The first kappa shape index (κ1) is 25.1. The molecule has 0 spiro atoms. The molecule has 1 heterocycles. The van der Waals surface area contributed by atoms with E-state index in [-0.39, 0.29) is 11.9 Å². The number of likely N-dealkylation sites (tertiary alicyclic amines) is 1. The van der Waals surface area contributed by atoms with E-state index in [2.05, 4.69) is 25.8 Å². The van der Waals surface area contributed by atoms with Crippen LogP contribution in [0.5, 0.6) is 0 Å². The number of hydrogen-bond acceptors (Lipinski definition) is 4. The van der Waals surface area contributed by atoms with Crippen molar-refractivity contribution in [1.29, 1.82) is 0 Å². The Kier molecular flexibility index (Phi) is 10.1. The summed E-state index contributed by atoms with van der Waals surface area (Å²) in [5.41, 5.74) is 3.02. The van der Waals surface area contributed by atoms with E-state index in [1.165, 1.54) is 12.8 Å². The zero-order valence-electron chi connectivity index (χ0n) is 18.7. The van der Waals surface area contributed by atoms with Gasteiger partial charge in [0.25, 0.3) is 0 Å². The highest BCUT2D eigenvalue weighted by molar-refractivity contribution is 6.18. The summed E-state index contributed by atoms with van der Waals surface area (Å²) in [7, 11) is 0. The maximum atomic E-state index is 12.3. The first-order valence-corrected chi connectivity index (χ1v) is 12.3. The van der Waals surface area contributed by atoms with Crippen LogP contribution < -0.4 is 20.9 Å². The zero-order valence-corrected chi connectivity index (χ0v) is 20.2. The fourth-order valence-corrected chi connectivity index (χ4v) is 4.16. The molecule has 0 aliphatic carbocycles. The van der Waals surface area contributed by atoms with Gasteiger partial charge in [-0.05, 0) is 74.5 Å². The monoisotopic (exact) mass is 491 g/mol. The molecule has 3 rings (SSSR count). The standard InChI is InChI=1S/C24H31Cl2N5O2/c25-12-17-31(18-13-26)22-9-7-21(8-10-22)29-24(33)28-20-5-3-19(4-6-20)27-23(32)11-16-30-14-1-2-15-30/h3-10H,1-2,11-18H2,(H,27,32)(H2,28,29,33). The van der Waals surface area contributed by atoms with Crippen LogP contribution in [0.3, 0.4) is 0 Å². The minimum atomic E-state index is -0.344. The number of benzene rings is 2. The molecule has 2 aromatic rings. The molecule has 7 nitrogen and oxygen atoms in total. The predicted molar refractivity (Wildman–Crippen MR) is 138 cm³/mol. The maximum absolute atomic E-state index is 12.3. The molecule has 33 heavy (non-hydrogen) atoms. The van der Waals surface area contributed by atoms with Gasteiger partial charge >= 0.3 is 6.03 Å². The molecule has 178 valence electrons. The summed E-state index contributed by atoms with van der Waals surface area (Å²) in [6.45, 7) is 4.37. The Labute approximate surface area is 205 Å². The lowest BCUT2D eigenvalue weighted by Crippen LogP contribution is -2.27. The lowest BCUT2D eigenvalue weighted by molar-refractivity contribution is -0.116. The van der Waals surface area contributed by atoms with Crippen LogP contribution in [-0.2, 0) is 4.79 Å². The van der Waals surface area contributed by atoms with Gasteiger partial charge in [-0.25, -0.2) is 4.79 Å². The van der Waals surface area contributed by atoms with Gasteiger partial charge in [-0.2, -0.15) is 0 Å². The summed E-state index contributed by atoms with van der Waals surface area (Å²) >= 11 is 11.7. The van der Waals surface area contributed by atoms with Crippen LogP contribution in [0.25, 0.3) is 0 Å². The minimum absolute atomic E-state index is 0.000500. The summed E-state index contributed by atoms with van der Waals surface area (Å²) in [4.78, 5) is 28.9. The first-order valence-electron chi connectivity index (χ1n) is 11.2. The van der Waals surface area contributed by atoms with Crippen molar-refractivity contribution in [3.8, 4) is 0 Å². The number of nitrogens with zero attached hydrogens (tertiary/aromatic N) is 2. The average molecular weight is 492 g/mol. The zero-order chi connectivity index (χ0) is 23.5. The molecule has 0 saturated carbocycles. The normalized spacial score (nSPS) is 13.5. The molecule has 0 aromatic heterocycles. The Bertz CT molecular complexity index is 881. The van der Waals surface area contributed by atoms with E-state index >= 15 is 0 Å². The highest BCUT2D eigenvalue weighted by Crippen LogP contribution is 2.19. The molecule has 1 fully saturated rings. The molecule has 1 aliphatic heterocycles. The van der Waals surface area contributed by atoms with Crippen molar-refractivity contribution in [2.45, 2.75) is 19.3 Å². The Balaban J connectivity index is 1.44. The topological polar surface area (TPSA) is 76.7 Å². The number of rotatable bonds is 11. The van der Waals surface area contributed by atoms with Gasteiger partial charge in [0.15, 0.2) is 0 Å². The van der Waals surface area contributed by atoms with Gasteiger partial charge in [0, 0.05) is 60.6 Å². The van der Waals surface area contributed by atoms with Gasteiger partial charge in [0.2, 0.25) is 5.91 Å². The lowest BCUT2D eigenvalue weighted by Gasteiger charge is -2.23. The Morgan fingerprint density at radius 1 is 0.788 bits per heavy atom. The third-order valence-electron chi connectivity index (χ3n) is 5.48. The van der Waals surface area contributed by atoms with Gasteiger partial charge in [-0.15, -0.1) is 23.2 Å². The number of halogens is 2. The number of urea groups is 1. The third kappa shape index (κ3) is 8.42. The van der Waals surface area contributed by atoms with Crippen molar-refractivity contribution < 1.29 is 9.59 Å². The summed E-state index contributed by atoms with van der Waals surface area (Å²) in [5, 5.41) is 8.52. The highest BCUT2D eigenvalue weighted by atomic mass is 35.5. The minimum Gasteiger partial charge on any atom is -0.369 e. The van der Waals surface area contributed by atoms with Crippen molar-refractivity contribution in [2.75, 3.05) is 65.3 Å². The second-order valence-electron chi connectivity index (χ2n) is 7.92. The lowest BCUT2D eigenvalue weighted by atomic mass is 10.2. The number of carbonyl (C=O) groups is 2. The smallest absolute Gasteiger partial charge is 0.323 e. The summed E-state index contributed by atoms with van der Waals surface area (Å²) in [5.74, 6) is 1.03. The number of anilines is 4. The first-order chi connectivity index (χ1) is 16.1. The predicted octanol–water partition coefficient (Wildman–Crippen LogP) is 5.04. The third-order valence-corrected chi connectivity index (χ3v) is 5.82. The number of nitrogens with one attached hydrogen (secondary N) is 3. The fourth-order valence-electron chi connectivity index (χ4n) is 3.75. The Morgan fingerprint density at radius 2 is 1.27 bits per heavy atom. The molecule has 1 aliphatic rings. The molecule has 0 radical (unpaired) electrons. The van der Waals surface area contributed by atoms with Gasteiger partial charge in [-0.1, -0.05) is 0 Å². The summed E-state index contributed by atoms with van der Waals surface area (Å²) in [6, 6.07) is 14.3. The largest absolute Gasteiger partial charge is 0.369 e. The second kappa shape index (κ2) is 13.3. The van der Waals surface area contributed by atoms with Crippen LogP contribution in [0, 0.1) is 0 Å². The molecular formula is C24H31Cl2N5O2. The summed E-state index contributed by atoms with van der Waals surface area (Å²) in [6.07, 6.45) is 2.92.